The molecular formula is C10H21. The van der Waals surface area contributed by atoms with Crippen LogP contribution in [0.25, 0.3) is 0 Å². The van der Waals surface area contributed by atoms with Crippen molar-refractivity contribution in [3.05, 3.63) is 6.92 Å². The largest absolute Gasteiger partial charge is 0.0654 e. The summed E-state index contributed by atoms with van der Waals surface area (Å²) in [5.41, 5.74) is 0. The van der Waals surface area contributed by atoms with E-state index in [1.165, 1.54) is 25.7 Å². The van der Waals surface area contributed by atoms with Gasteiger partial charge in [-0.3, -0.25) is 0 Å². The minimum Gasteiger partial charge on any atom is -0.0654 e. The van der Waals surface area contributed by atoms with Gasteiger partial charge in [0.25, 0.3) is 0 Å². The van der Waals surface area contributed by atoms with Gasteiger partial charge in [-0.25, -0.2) is 0 Å². The van der Waals surface area contributed by atoms with Crippen LogP contribution in [0.5, 0.6) is 0 Å². The molecule has 0 aromatic rings. The first-order chi connectivity index (χ1) is 4.68. The molecule has 0 aliphatic carbocycles. The zero-order valence-electron chi connectivity index (χ0n) is 7.69. The predicted octanol–water partition coefficient (Wildman–Crippen LogP) is 3.67. The van der Waals surface area contributed by atoms with Crippen LogP contribution in [0, 0.1) is 18.8 Å². The first-order valence-electron chi connectivity index (χ1n) is 4.51. The Labute approximate surface area is 66.0 Å². The molecular weight excluding hydrogens is 120 g/mol. The van der Waals surface area contributed by atoms with E-state index in [1.807, 2.05) is 0 Å². The lowest BCUT2D eigenvalue weighted by atomic mass is 9.92. The van der Waals surface area contributed by atoms with Crippen LogP contribution in [-0.4, -0.2) is 0 Å². The summed E-state index contributed by atoms with van der Waals surface area (Å²) >= 11 is 0. The molecule has 0 aliphatic heterocycles. The van der Waals surface area contributed by atoms with Crippen molar-refractivity contribution in [2.75, 3.05) is 0 Å². The Balaban J connectivity index is 3.13. The monoisotopic (exact) mass is 141 g/mol. The van der Waals surface area contributed by atoms with Crippen molar-refractivity contribution in [2.45, 2.75) is 46.5 Å². The Morgan fingerprint density at radius 1 is 1.20 bits per heavy atom. The van der Waals surface area contributed by atoms with E-state index >= 15 is 0 Å². The van der Waals surface area contributed by atoms with Gasteiger partial charge in [0.2, 0.25) is 0 Å². The van der Waals surface area contributed by atoms with Gasteiger partial charge in [0, 0.05) is 0 Å². The molecule has 0 heterocycles. The third kappa shape index (κ3) is 4.84. The topological polar surface area (TPSA) is 0 Å². The van der Waals surface area contributed by atoms with Gasteiger partial charge in [-0.05, 0) is 11.8 Å². The molecule has 0 saturated heterocycles. The fourth-order valence-corrected chi connectivity index (χ4v) is 1.00. The second kappa shape index (κ2) is 5.76. The average molecular weight is 141 g/mol. The van der Waals surface area contributed by atoms with Gasteiger partial charge in [0.05, 0.1) is 0 Å². The molecule has 0 rings (SSSR count). The molecule has 1 radical (unpaired) electrons. The summed E-state index contributed by atoms with van der Waals surface area (Å²) in [6, 6.07) is 0. The summed E-state index contributed by atoms with van der Waals surface area (Å²) in [5, 5.41) is 0. The Bertz CT molecular complexity index is 64.4. The van der Waals surface area contributed by atoms with Crippen LogP contribution in [0.15, 0.2) is 0 Å². The number of rotatable bonds is 5. The summed E-state index contributed by atoms with van der Waals surface area (Å²) < 4.78 is 0. The maximum absolute atomic E-state index is 4.02. The highest BCUT2D eigenvalue weighted by atomic mass is 14.1. The Hall–Kier alpha value is 0. The number of hydrogen-bond acceptors (Lipinski definition) is 0. The molecule has 0 heteroatoms. The van der Waals surface area contributed by atoms with Gasteiger partial charge >= 0.3 is 0 Å². The Morgan fingerprint density at radius 2 is 1.80 bits per heavy atom. The summed E-state index contributed by atoms with van der Waals surface area (Å²) in [4.78, 5) is 0. The van der Waals surface area contributed by atoms with Crippen molar-refractivity contribution in [3.63, 3.8) is 0 Å². The molecule has 0 saturated carbocycles. The van der Waals surface area contributed by atoms with E-state index in [1.54, 1.807) is 0 Å². The molecule has 0 nitrogen and oxygen atoms in total. The van der Waals surface area contributed by atoms with E-state index in [-0.39, 0.29) is 0 Å². The zero-order chi connectivity index (χ0) is 7.98. The molecule has 0 amide bonds. The first-order valence-corrected chi connectivity index (χ1v) is 4.51. The minimum atomic E-state index is 0.622. The maximum Gasteiger partial charge on any atom is -0.0417 e. The van der Waals surface area contributed by atoms with Gasteiger partial charge in [-0.15, -0.1) is 0 Å². The quantitative estimate of drug-likeness (QED) is 0.512. The van der Waals surface area contributed by atoms with Crippen LogP contribution in [0.2, 0.25) is 0 Å². The van der Waals surface area contributed by atoms with E-state index < -0.39 is 0 Å². The van der Waals surface area contributed by atoms with Crippen LogP contribution in [0.3, 0.4) is 0 Å². The molecule has 10 heavy (non-hydrogen) atoms. The lowest BCUT2D eigenvalue weighted by molar-refractivity contribution is 0.406. The van der Waals surface area contributed by atoms with Gasteiger partial charge < -0.3 is 0 Å². The highest BCUT2D eigenvalue weighted by molar-refractivity contribution is 4.62. The van der Waals surface area contributed by atoms with Crippen molar-refractivity contribution in [1.29, 1.82) is 0 Å². The van der Waals surface area contributed by atoms with Crippen molar-refractivity contribution in [2.24, 2.45) is 11.8 Å². The van der Waals surface area contributed by atoms with E-state index in [4.69, 9.17) is 0 Å². The number of hydrogen-bond donors (Lipinski definition) is 0. The van der Waals surface area contributed by atoms with Crippen LogP contribution >= 0.6 is 0 Å². The second-order valence-corrected chi connectivity index (χ2v) is 3.45. The molecule has 0 aliphatic rings. The molecule has 0 spiro atoms. The smallest absolute Gasteiger partial charge is 0.0417 e. The van der Waals surface area contributed by atoms with E-state index in [0.29, 0.717) is 5.92 Å². The lowest BCUT2D eigenvalue weighted by Gasteiger charge is -2.14. The summed E-state index contributed by atoms with van der Waals surface area (Å²) in [6.45, 7) is 10.8. The fourth-order valence-electron chi connectivity index (χ4n) is 1.00. The minimum absolute atomic E-state index is 0.622. The van der Waals surface area contributed by atoms with E-state index in [2.05, 4.69) is 27.7 Å². The van der Waals surface area contributed by atoms with Crippen molar-refractivity contribution in [3.8, 4) is 0 Å². The third-order valence-electron chi connectivity index (χ3n) is 2.23. The van der Waals surface area contributed by atoms with E-state index in [9.17, 15) is 0 Å². The van der Waals surface area contributed by atoms with E-state index in [0.717, 1.165) is 5.92 Å². The molecule has 0 aromatic carbocycles. The summed E-state index contributed by atoms with van der Waals surface area (Å²) in [5.74, 6) is 1.43. The molecule has 61 valence electrons. The predicted molar refractivity (Wildman–Crippen MR) is 47.8 cm³/mol. The molecule has 0 N–H and O–H groups in total. The number of unbranched alkanes of at least 4 members (excludes halogenated alkanes) is 2. The zero-order valence-corrected chi connectivity index (χ0v) is 7.69. The molecule has 0 fully saturated rings. The van der Waals surface area contributed by atoms with Gasteiger partial charge in [-0.1, -0.05) is 53.4 Å². The lowest BCUT2D eigenvalue weighted by Crippen LogP contribution is -2.03. The van der Waals surface area contributed by atoms with Crippen LogP contribution in [0.1, 0.15) is 46.5 Å². The maximum atomic E-state index is 4.02. The molecule has 0 aromatic heterocycles. The van der Waals surface area contributed by atoms with Crippen LogP contribution < -0.4 is 0 Å². The Kier molecular flexibility index (Phi) is 5.76. The van der Waals surface area contributed by atoms with Crippen LogP contribution in [-0.2, 0) is 0 Å². The standard InChI is InChI=1S/C10H21/c1-5-6-7-8-10(4)9(2)3/h9-10H,2,5-8H2,1,3-4H3. The van der Waals surface area contributed by atoms with Crippen LogP contribution in [0.4, 0.5) is 0 Å². The van der Waals surface area contributed by atoms with Gasteiger partial charge in [0.15, 0.2) is 0 Å². The molecule has 0 bridgehead atoms. The Morgan fingerprint density at radius 3 is 2.20 bits per heavy atom. The summed E-state index contributed by atoms with van der Waals surface area (Å²) in [7, 11) is 0. The molecule has 2 atom stereocenters. The normalized spacial score (nSPS) is 14.1. The highest BCUT2D eigenvalue weighted by Gasteiger charge is 2.05. The third-order valence-corrected chi connectivity index (χ3v) is 2.23. The first kappa shape index (κ1) is 10.0. The van der Waals surface area contributed by atoms with Gasteiger partial charge in [-0.2, -0.15) is 0 Å². The summed E-state index contributed by atoms with van der Waals surface area (Å²) in [6.07, 6.45) is 5.46. The average Bonchev–Trinajstić information content (AvgIpc) is 1.88. The van der Waals surface area contributed by atoms with Crippen molar-refractivity contribution < 1.29 is 0 Å². The second-order valence-electron chi connectivity index (χ2n) is 3.45. The fraction of sp³-hybridized carbons (Fsp3) is 0.900. The highest BCUT2D eigenvalue weighted by Crippen LogP contribution is 2.16. The van der Waals surface area contributed by atoms with Crippen molar-refractivity contribution in [1.82, 2.24) is 0 Å². The van der Waals surface area contributed by atoms with Gasteiger partial charge in [0.1, 0.15) is 0 Å². The molecule has 2 unspecified atom stereocenters. The SMILES string of the molecule is [CH2]C(C)C(C)CCCCC. The van der Waals surface area contributed by atoms with Crippen molar-refractivity contribution >= 4 is 0 Å².